The predicted octanol–water partition coefficient (Wildman–Crippen LogP) is 2.73. The normalized spacial score (nSPS) is 17.4. The standard InChI is InChI=1S/C27H33N5O4/c1-4-32-22-18-31(15-13-23(33)28-14-16-30(2)3)26(34)24(22)25(29-27(32)35)19-9-8-12-21(17-19)36-20-10-6-5-7-11-20/h5-12,17,25H,4,13-16,18H2,1-3H3,(H,28,33)(H,29,35). The number of carbonyl (C=O) groups excluding carboxylic acids is 3. The molecule has 9 nitrogen and oxygen atoms in total. The summed E-state index contributed by atoms with van der Waals surface area (Å²) in [4.78, 5) is 44.0. The third-order valence-corrected chi connectivity index (χ3v) is 6.27. The van der Waals surface area contributed by atoms with Crippen molar-refractivity contribution in [2.75, 3.05) is 46.8 Å². The summed E-state index contributed by atoms with van der Waals surface area (Å²) in [6.07, 6.45) is 0.207. The van der Waals surface area contributed by atoms with E-state index in [0.717, 1.165) is 12.1 Å². The first-order chi connectivity index (χ1) is 17.4. The Bertz CT molecular complexity index is 1150. The lowest BCUT2D eigenvalue weighted by atomic mass is 9.95. The van der Waals surface area contributed by atoms with E-state index in [4.69, 9.17) is 4.74 Å². The molecule has 190 valence electrons. The van der Waals surface area contributed by atoms with Gasteiger partial charge in [-0.1, -0.05) is 30.3 Å². The van der Waals surface area contributed by atoms with Crippen molar-refractivity contribution < 1.29 is 19.1 Å². The third-order valence-electron chi connectivity index (χ3n) is 6.27. The van der Waals surface area contributed by atoms with Gasteiger partial charge in [-0.25, -0.2) is 4.79 Å². The fraction of sp³-hybridized carbons (Fsp3) is 0.370. The van der Waals surface area contributed by atoms with Crippen LogP contribution in [0.1, 0.15) is 24.9 Å². The minimum Gasteiger partial charge on any atom is -0.457 e. The summed E-state index contributed by atoms with van der Waals surface area (Å²) < 4.78 is 5.97. The first kappa shape index (κ1) is 25.2. The van der Waals surface area contributed by atoms with Crippen molar-refractivity contribution in [3.8, 4) is 11.5 Å². The summed E-state index contributed by atoms with van der Waals surface area (Å²) in [5.41, 5.74) is 2.00. The maximum Gasteiger partial charge on any atom is 0.322 e. The molecular weight excluding hydrogens is 458 g/mol. The van der Waals surface area contributed by atoms with Crippen LogP contribution in [-0.4, -0.2) is 79.4 Å². The van der Waals surface area contributed by atoms with Crippen LogP contribution in [0.25, 0.3) is 0 Å². The van der Waals surface area contributed by atoms with Crippen LogP contribution in [-0.2, 0) is 9.59 Å². The number of likely N-dealkylation sites (N-methyl/N-ethyl adjacent to an activating group) is 2. The summed E-state index contributed by atoms with van der Waals surface area (Å²) in [5, 5.41) is 5.87. The molecule has 0 saturated heterocycles. The van der Waals surface area contributed by atoms with Crippen LogP contribution in [0.5, 0.6) is 11.5 Å². The summed E-state index contributed by atoms with van der Waals surface area (Å²) >= 11 is 0. The molecule has 36 heavy (non-hydrogen) atoms. The van der Waals surface area contributed by atoms with E-state index in [1.807, 2.05) is 80.5 Å². The van der Waals surface area contributed by atoms with Crippen LogP contribution >= 0.6 is 0 Å². The largest absolute Gasteiger partial charge is 0.457 e. The van der Waals surface area contributed by atoms with E-state index in [0.29, 0.717) is 42.4 Å². The molecule has 2 aliphatic rings. The molecular formula is C27H33N5O4. The van der Waals surface area contributed by atoms with Crippen LogP contribution in [0.2, 0.25) is 0 Å². The number of para-hydroxylation sites is 1. The van der Waals surface area contributed by atoms with Gasteiger partial charge in [0.15, 0.2) is 0 Å². The molecule has 0 spiro atoms. The molecule has 2 heterocycles. The van der Waals surface area contributed by atoms with Gasteiger partial charge in [-0.2, -0.15) is 0 Å². The van der Waals surface area contributed by atoms with E-state index >= 15 is 0 Å². The van der Waals surface area contributed by atoms with Gasteiger partial charge >= 0.3 is 6.03 Å². The molecule has 0 fully saturated rings. The summed E-state index contributed by atoms with van der Waals surface area (Å²) in [6, 6.07) is 16.0. The average Bonchev–Trinajstić information content (AvgIpc) is 3.18. The predicted molar refractivity (Wildman–Crippen MR) is 136 cm³/mol. The van der Waals surface area contributed by atoms with Gasteiger partial charge in [0.1, 0.15) is 11.5 Å². The number of ether oxygens (including phenoxy) is 1. The minimum atomic E-state index is -0.596. The van der Waals surface area contributed by atoms with Gasteiger partial charge in [0.05, 0.1) is 23.9 Å². The summed E-state index contributed by atoms with van der Waals surface area (Å²) in [6.45, 7) is 4.22. The molecule has 4 rings (SSSR count). The molecule has 2 aromatic carbocycles. The topological polar surface area (TPSA) is 94.2 Å². The van der Waals surface area contributed by atoms with Crippen molar-refractivity contribution in [2.24, 2.45) is 0 Å². The number of carbonyl (C=O) groups is 3. The van der Waals surface area contributed by atoms with Gasteiger partial charge in [-0.3, -0.25) is 14.5 Å². The van der Waals surface area contributed by atoms with Gasteiger partial charge in [-0.05, 0) is 50.8 Å². The lowest BCUT2D eigenvalue weighted by molar-refractivity contribution is -0.127. The third kappa shape index (κ3) is 5.68. The molecule has 0 aromatic heterocycles. The molecule has 2 N–H and O–H groups in total. The highest BCUT2D eigenvalue weighted by molar-refractivity contribution is 6.01. The zero-order valence-electron chi connectivity index (χ0n) is 21.0. The Morgan fingerprint density at radius 3 is 2.58 bits per heavy atom. The Labute approximate surface area is 211 Å². The molecule has 1 atom stereocenters. The summed E-state index contributed by atoms with van der Waals surface area (Å²) in [7, 11) is 3.89. The maximum absolute atomic E-state index is 13.5. The summed E-state index contributed by atoms with van der Waals surface area (Å²) in [5.74, 6) is 1.05. The second-order valence-corrected chi connectivity index (χ2v) is 9.10. The molecule has 4 amide bonds. The van der Waals surface area contributed by atoms with Crippen LogP contribution in [0, 0.1) is 0 Å². The van der Waals surface area contributed by atoms with Gasteiger partial charge in [-0.15, -0.1) is 0 Å². The SMILES string of the molecule is CCN1C(=O)NC(c2cccc(Oc3ccccc3)c2)C2=C1CN(CCC(=O)NCCN(C)C)C2=O. The van der Waals surface area contributed by atoms with Crippen molar-refractivity contribution in [1.29, 1.82) is 0 Å². The molecule has 9 heteroatoms. The van der Waals surface area contributed by atoms with Crippen LogP contribution in [0.4, 0.5) is 4.79 Å². The van der Waals surface area contributed by atoms with Crippen LogP contribution < -0.4 is 15.4 Å². The van der Waals surface area contributed by atoms with Crippen molar-refractivity contribution in [2.45, 2.75) is 19.4 Å². The molecule has 1 unspecified atom stereocenters. The number of urea groups is 1. The second kappa shape index (κ2) is 11.3. The highest BCUT2D eigenvalue weighted by Gasteiger charge is 2.43. The molecule has 0 aliphatic carbocycles. The second-order valence-electron chi connectivity index (χ2n) is 9.10. The van der Waals surface area contributed by atoms with Crippen molar-refractivity contribution in [3.05, 3.63) is 71.4 Å². The average molecular weight is 492 g/mol. The van der Waals surface area contributed by atoms with E-state index in [-0.39, 0.29) is 30.8 Å². The fourth-order valence-electron chi connectivity index (χ4n) is 4.44. The van der Waals surface area contributed by atoms with Crippen molar-refractivity contribution >= 4 is 17.8 Å². The number of nitrogens with zero attached hydrogens (tertiary/aromatic N) is 3. The number of hydrogen-bond donors (Lipinski definition) is 2. The maximum atomic E-state index is 13.5. The minimum absolute atomic E-state index is 0.0987. The zero-order valence-corrected chi connectivity index (χ0v) is 21.0. The lowest BCUT2D eigenvalue weighted by Crippen LogP contribution is -2.47. The Morgan fingerprint density at radius 2 is 1.86 bits per heavy atom. The van der Waals surface area contributed by atoms with Gasteiger partial charge in [0.25, 0.3) is 5.91 Å². The Balaban J connectivity index is 1.51. The molecule has 2 aromatic rings. The quantitative estimate of drug-likeness (QED) is 0.533. The van der Waals surface area contributed by atoms with Gasteiger partial charge in [0, 0.05) is 32.6 Å². The first-order valence-electron chi connectivity index (χ1n) is 12.2. The van der Waals surface area contributed by atoms with Gasteiger partial charge < -0.3 is 25.2 Å². The fourth-order valence-corrected chi connectivity index (χ4v) is 4.44. The van der Waals surface area contributed by atoms with E-state index in [1.165, 1.54) is 0 Å². The van der Waals surface area contributed by atoms with E-state index in [9.17, 15) is 14.4 Å². The van der Waals surface area contributed by atoms with E-state index in [1.54, 1.807) is 9.80 Å². The van der Waals surface area contributed by atoms with Gasteiger partial charge in [0.2, 0.25) is 5.91 Å². The Morgan fingerprint density at radius 1 is 1.11 bits per heavy atom. The van der Waals surface area contributed by atoms with Crippen LogP contribution in [0.15, 0.2) is 65.9 Å². The highest BCUT2D eigenvalue weighted by Crippen LogP contribution is 2.37. The number of amides is 4. The monoisotopic (exact) mass is 491 g/mol. The Hall–Kier alpha value is -3.85. The molecule has 0 radical (unpaired) electrons. The molecule has 0 saturated carbocycles. The zero-order chi connectivity index (χ0) is 25.7. The van der Waals surface area contributed by atoms with E-state index in [2.05, 4.69) is 10.6 Å². The molecule has 0 bridgehead atoms. The van der Waals surface area contributed by atoms with Crippen LogP contribution in [0.3, 0.4) is 0 Å². The molecule has 2 aliphatic heterocycles. The number of benzene rings is 2. The van der Waals surface area contributed by atoms with E-state index < -0.39 is 6.04 Å². The van der Waals surface area contributed by atoms with Crippen molar-refractivity contribution in [1.82, 2.24) is 25.3 Å². The highest BCUT2D eigenvalue weighted by atomic mass is 16.5. The van der Waals surface area contributed by atoms with Crippen molar-refractivity contribution in [3.63, 3.8) is 0 Å². The first-order valence-corrected chi connectivity index (χ1v) is 12.2. The smallest absolute Gasteiger partial charge is 0.322 e. The number of nitrogens with one attached hydrogen (secondary N) is 2. The lowest BCUT2D eigenvalue weighted by Gasteiger charge is -2.33. The number of hydrogen-bond acceptors (Lipinski definition) is 5. The Kier molecular flexibility index (Phi) is 7.90. The number of rotatable bonds is 10.